The van der Waals surface area contributed by atoms with Crippen LogP contribution in [0.3, 0.4) is 0 Å². The number of rotatable bonds is 3. The van der Waals surface area contributed by atoms with Gasteiger partial charge in [-0.25, -0.2) is 0 Å². The summed E-state index contributed by atoms with van der Waals surface area (Å²) in [6.45, 7) is 9.06. The maximum Gasteiger partial charge on any atom is 0.220 e. The number of pyridine rings is 1. The van der Waals surface area contributed by atoms with E-state index in [9.17, 15) is 0 Å². The van der Waals surface area contributed by atoms with Crippen LogP contribution >= 0.6 is 0 Å². The first kappa shape index (κ1) is 19.5. The van der Waals surface area contributed by atoms with E-state index in [-0.39, 0.29) is 0 Å². The molecule has 0 unspecified atom stereocenters. The molecule has 2 heteroatoms. The molecule has 0 aliphatic heterocycles. The van der Waals surface area contributed by atoms with Crippen molar-refractivity contribution in [2.24, 2.45) is 7.05 Å². The van der Waals surface area contributed by atoms with Gasteiger partial charge in [-0.2, -0.15) is 4.57 Å². The number of fused-ring (bicyclic) bond motifs is 2. The van der Waals surface area contributed by atoms with Crippen LogP contribution in [0.15, 0.2) is 91.0 Å². The van der Waals surface area contributed by atoms with Crippen molar-refractivity contribution in [1.82, 2.24) is 0 Å². The fourth-order valence-corrected chi connectivity index (χ4v) is 7.19. The normalized spacial score (nSPS) is 12.3. The molecule has 0 aliphatic rings. The molecule has 0 radical (unpaired) electrons. The molecule has 0 saturated carbocycles. The largest absolute Gasteiger partial charge is 0.220 e. The van der Waals surface area contributed by atoms with Crippen molar-refractivity contribution < 1.29 is 5.94 Å². The fraction of sp³-hybridized carbons (Fsp3) is 0.167. The van der Waals surface area contributed by atoms with Crippen LogP contribution in [0.1, 0.15) is 12.6 Å². The molecule has 1 aromatic heterocycles. The van der Waals surface area contributed by atoms with Gasteiger partial charge in [-0.15, -0.1) is 0 Å². The highest BCUT2D eigenvalue weighted by Crippen LogP contribution is 2.31. The lowest BCUT2D eigenvalue weighted by atomic mass is 9.95. The van der Waals surface area contributed by atoms with Crippen LogP contribution in [0.2, 0.25) is 13.1 Å². The van der Waals surface area contributed by atoms with Crippen LogP contribution in [0.25, 0.3) is 32.8 Å². The molecule has 0 amide bonds. The lowest BCUT2D eigenvalue weighted by molar-refractivity contribution is -0.665. The summed E-state index contributed by atoms with van der Waals surface area (Å²) in [7, 11) is 0.230. The Labute approximate surface area is 193 Å². The molecule has 158 valence electrons. The highest BCUT2D eigenvalue weighted by atomic mass is 28.3. The van der Waals surface area contributed by atoms with E-state index in [1.165, 1.54) is 38.0 Å². The summed E-state index contributed by atoms with van der Waals surface area (Å²) < 4.78 is 11.2. The molecule has 0 spiro atoms. The molecular formula is C30H30NSi+. The molecular weight excluding hydrogens is 402 g/mol. The van der Waals surface area contributed by atoms with Crippen molar-refractivity contribution in [3.63, 3.8) is 0 Å². The third kappa shape index (κ3) is 3.36. The first-order valence-corrected chi connectivity index (χ1v) is 14.3. The van der Waals surface area contributed by atoms with E-state index in [1.54, 1.807) is 0 Å². The van der Waals surface area contributed by atoms with Gasteiger partial charge in [0.05, 0.1) is 12.3 Å². The number of aromatic nitrogens is 1. The summed E-state index contributed by atoms with van der Waals surface area (Å²) in [5, 5.41) is 7.48. The molecule has 32 heavy (non-hydrogen) atoms. The number of aryl methyl sites for hydroxylation is 1. The van der Waals surface area contributed by atoms with Crippen molar-refractivity contribution in [2.75, 3.05) is 0 Å². The van der Waals surface area contributed by atoms with Gasteiger partial charge in [-0.05, 0) is 40.8 Å². The van der Waals surface area contributed by atoms with E-state index >= 15 is 0 Å². The molecule has 0 bridgehead atoms. The van der Waals surface area contributed by atoms with Gasteiger partial charge < -0.3 is 0 Å². The second kappa shape index (κ2) is 7.72. The average Bonchev–Trinajstić information content (AvgIpc) is 2.83. The van der Waals surface area contributed by atoms with Crippen LogP contribution < -0.4 is 14.9 Å². The Hall–Kier alpha value is -3.23. The Kier molecular flexibility index (Phi) is 4.69. The zero-order valence-corrected chi connectivity index (χ0v) is 20.5. The minimum atomic E-state index is -1.86. The summed E-state index contributed by atoms with van der Waals surface area (Å²) in [5.41, 5.74) is 4.66. The molecule has 1 heterocycles. The minimum absolute atomic E-state index is 0.620. The quantitative estimate of drug-likeness (QED) is 0.245. The molecule has 4 aromatic carbocycles. The topological polar surface area (TPSA) is 3.88 Å². The zero-order chi connectivity index (χ0) is 23.3. The number of hydrogen-bond acceptors (Lipinski definition) is 0. The Morgan fingerprint density at radius 1 is 0.719 bits per heavy atom. The summed E-state index contributed by atoms with van der Waals surface area (Å²) in [6, 6.07) is 31.4. The van der Waals surface area contributed by atoms with Gasteiger partial charge in [0.15, 0.2) is 5.69 Å². The van der Waals surface area contributed by atoms with Gasteiger partial charge in [-0.1, -0.05) is 96.3 Å². The standard InChI is InChI=1S/C30H30NSi/c1-21-17-23-11-9-10-12-24(23)20-29(21)30-28-16-15-27(19-25(28)18-22(2)31(30)3)32(4,5)26-13-7-6-8-14-26/h6-20H,1-5H3/q+1/i18D. The van der Waals surface area contributed by atoms with E-state index in [1.807, 2.05) is 0 Å². The minimum Gasteiger partial charge on any atom is -0.198 e. The predicted octanol–water partition coefficient (Wildman–Crippen LogP) is 5.92. The van der Waals surface area contributed by atoms with Crippen molar-refractivity contribution in [2.45, 2.75) is 26.9 Å². The lowest BCUT2D eigenvalue weighted by Crippen LogP contribution is -2.52. The number of hydrogen-bond donors (Lipinski definition) is 0. The first-order valence-electron chi connectivity index (χ1n) is 11.8. The fourth-order valence-electron chi connectivity index (χ4n) is 4.83. The van der Waals surface area contributed by atoms with Crippen LogP contribution in [-0.4, -0.2) is 8.07 Å². The van der Waals surface area contributed by atoms with Gasteiger partial charge in [0.2, 0.25) is 5.69 Å². The Bertz CT molecular complexity index is 1520. The first-order chi connectivity index (χ1) is 15.8. The molecule has 0 saturated heterocycles. The van der Waals surface area contributed by atoms with Gasteiger partial charge in [0.1, 0.15) is 15.1 Å². The number of benzene rings is 4. The summed E-state index contributed by atoms with van der Waals surface area (Å²) in [5.74, 6) is 0. The molecule has 0 aliphatic carbocycles. The molecule has 0 N–H and O–H groups in total. The Morgan fingerprint density at radius 3 is 2.09 bits per heavy atom. The molecule has 0 atom stereocenters. The highest BCUT2D eigenvalue weighted by molar-refractivity contribution is 7.00. The molecule has 1 nitrogen and oxygen atoms in total. The number of nitrogens with zero attached hydrogens (tertiary/aromatic N) is 1. The third-order valence-corrected chi connectivity index (χ3v) is 10.5. The summed E-state index contributed by atoms with van der Waals surface area (Å²) >= 11 is 0. The van der Waals surface area contributed by atoms with Crippen molar-refractivity contribution in [3.05, 3.63) is 102 Å². The summed E-state index contributed by atoms with van der Waals surface area (Å²) in [6.07, 6.45) is 0. The van der Waals surface area contributed by atoms with Gasteiger partial charge >= 0.3 is 0 Å². The SMILES string of the molecule is [2H]c1c(C)[n+](C)c(-c2cc3ccccc3cc2C)c2ccc([Si](C)(C)c3ccccc3)cc12. The van der Waals surface area contributed by atoms with Crippen LogP contribution in [-0.2, 0) is 7.05 Å². The van der Waals surface area contributed by atoms with Crippen LogP contribution in [0.5, 0.6) is 0 Å². The molecule has 5 aromatic rings. The van der Waals surface area contributed by atoms with Gasteiger partial charge in [0, 0.05) is 13.0 Å². The highest BCUT2D eigenvalue weighted by Gasteiger charge is 2.27. The predicted molar refractivity (Wildman–Crippen MR) is 141 cm³/mol. The Balaban J connectivity index is 1.79. The van der Waals surface area contributed by atoms with Crippen molar-refractivity contribution >= 4 is 40.0 Å². The third-order valence-electron chi connectivity index (χ3n) is 6.99. The Morgan fingerprint density at radius 2 is 1.38 bits per heavy atom. The maximum absolute atomic E-state index is 8.97. The van der Waals surface area contributed by atoms with Crippen LogP contribution in [0, 0.1) is 13.8 Å². The lowest BCUT2D eigenvalue weighted by Gasteiger charge is -2.24. The van der Waals surface area contributed by atoms with Crippen LogP contribution in [0.4, 0.5) is 0 Å². The van der Waals surface area contributed by atoms with E-state index in [0.29, 0.717) is 6.04 Å². The smallest absolute Gasteiger partial charge is 0.198 e. The van der Waals surface area contributed by atoms with E-state index in [2.05, 4.69) is 123 Å². The average molecular weight is 434 g/mol. The van der Waals surface area contributed by atoms with Gasteiger partial charge in [0.25, 0.3) is 0 Å². The van der Waals surface area contributed by atoms with Crippen molar-refractivity contribution in [1.29, 1.82) is 0 Å². The van der Waals surface area contributed by atoms with E-state index < -0.39 is 8.07 Å². The van der Waals surface area contributed by atoms with Crippen molar-refractivity contribution in [3.8, 4) is 11.3 Å². The zero-order valence-electron chi connectivity index (χ0n) is 20.5. The van der Waals surface area contributed by atoms with E-state index in [0.717, 1.165) is 16.5 Å². The summed E-state index contributed by atoms with van der Waals surface area (Å²) in [4.78, 5) is 0. The monoisotopic (exact) mass is 433 g/mol. The van der Waals surface area contributed by atoms with E-state index in [4.69, 9.17) is 1.37 Å². The second-order valence-corrected chi connectivity index (χ2v) is 13.8. The second-order valence-electron chi connectivity index (χ2n) is 9.38. The maximum atomic E-state index is 8.97. The molecule has 0 fully saturated rings. The van der Waals surface area contributed by atoms with Gasteiger partial charge in [-0.3, -0.25) is 0 Å². The molecule has 5 rings (SSSR count).